The minimum Gasteiger partial charge on any atom is -0.487 e. The molecule has 0 rings (SSSR count). The first-order chi connectivity index (χ1) is 3.41. The number of nitrogens with zero attached hydrogens (tertiary/aromatic N) is 1. The van der Waals surface area contributed by atoms with Crippen LogP contribution < -0.4 is 0 Å². The molecule has 0 saturated heterocycles. The van der Waals surface area contributed by atoms with E-state index in [1.54, 1.807) is 14.2 Å². The van der Waals surface area contributed by atoms with Crippen LogP contribution in [0.3, 0.4) is 0 Å². The van der Waals surface area contributed by atoms with E-state index < -0.39 is 0 Å². The van der Waals surface area contributed by atoms with Crippen molar-refractivity contribution in [2.24, 2.45) is 4.99 Å². The maximum absolute atomic E-state index is 4.57. The molecule has 3 nitrogen and oxygen atoms in total. The summed E-state index contributed by atoms with van der Waals surface area (Å²) in [6.07, 6.45) is 1.34. The van der Waals surface area contributed by atoms with Crippen LogP contribution in [-0.4, -0.2) is 27.4 Å². The number of rotatable bonds is 3. The van der Waals surface area contributed by atoms with E-state index in [-0.39, 0.29) is 0 Å². The van der Waals surface area contributed by atoms with Crippen molar-refractivity contribution in [3.05, 3.63) is 0 Å². The van der Waals surface area contributed by atoms with Crippen LogP contribution in [-0.2, 0) is 9.47 Å². The fraction of sp³-hybridized carbons (Fsp3) is 0.750. The van der Waals surface area contributed by atoms with E-state index in [1.165, 1.54) is 6.40 Å². The molecule has 0 fully saturated rings. The van der Waals surface area contributed by atoms with Crippen molar-refractivity contribution in [1.82, 2.24) is 0 Å². The second-order valence-electron chi connectivity index (χ2n) is 0.941. The van der Waals surface area contributed by atoms with Crippen LogP contribution in [0.2, 0.25) is 0 Å². The quantitative estimate of drug-likeness (QED) is 0.379. The topological polar surface area (TPSA) is 30.8 Å². The summed E-state index contributed by atoms with van der Waals surface area (Å²) in [5.41, 5.74) is 0. The molecule has 42 valence electrons. The largest absolute Gasteiger partial charge is 0.487 e. The Kier molecular flexibility index (Phi) is 4.99. The van der Waals surface area contributed by atoms with Crippen LogP contribution in [0.5, 0.6) is 0 Å². The van der Waals surface area contributed by atoms with E-state index in [0.29, 0.717) is 6.73 Å². The van der Waals surface area contributed by atoms with Crippen molar-refractivity contribution in [2.45, 2.75) is 0 Å². The average molecular weight is 103 g/mol. The number of aliphatic imine (C=N–C) groups is 1. The lowest BCUT2D eigenvalue weighted by Crippen LogP contribution is -1.84. The van der Waals surface area contributed by atoms with Gasteiger partial charge in [0.15, 0.2) is 6.40 Å². The van der Waals surface area contributed by atoms with E-state index in [4.69, 9.17) is 0 Å². The second kappa shape index (κ2) is 5.43. The van der Waals surface area contributed by atoms with Gasteiger partial charge in [-0.25, -0.2) is 4.99 Å². The van der Waals surface area contributed by atoms with Crippen molar-refractivity contribution in [1.29, 1.82) is 0 Å². The molecular weight excluding hydrogens is 94.0 g/mol. The number of hydrogen-bond acceptors (Lipinski definition) is 3. The highest BCUT2D eigenvalue weighted by Crippen LogP contribution is 1.65. The average Bonchev–Trinajstić information content (AvgIpc) is 1.69. The highest BCUT2D eigenvalue weighted by molar-refractivity contribution is 5.45. The zero-order valence-corrected chi connectivity index (χ0v) is 4.55. The monoisotopic (exact) mass is 103 g/mol. The number of ether oxygens (including phenoxy) is 2. The molecule has 0 saturated carbocycles. The van der Waals surface area contributed by atoms with Gasteiger partial charge in [0.2, 0.25) is 0 Å². The van der Waals surface area contributed by atoms with Crippen LogP contribution in [0.25, 0.3) is 0 Å². The Bertz CT molecular complexity index is 53.7. The second-order valence-corrected chi connectivity index (χ2v) is 0.941. The lowest BCUT2D eigenvalue weighted by molar-refractivity contribution is 0.207. The van der Waals surface area contributed by atoms with Crippen LogP contribution >= 0.6 is 0 Å². The van der Waals surface area contributed by atoms with Gasteiger partial charge in [-0.1, -0.05) is 0 Å². The van der Waals surface area contributed by atoms with Crippen molar-refractivity contribution >= 4 is 6.40 Å². The van der Waals surface area contributed by atoms with Gasteiger partial charge in [0.05, 0.1) is 7.11 Å². The van der Waals surface area contributed by atoms with Crippen LogP contribution in [0.15, 0.2) is 4.99 Å². The minimum atomic E-state index is 0.369. The molecule has 0 N–H and O–H groups in total. The molecule has 0 unspecified atom stereocenters. The highest BCUT2D eigenvalue weighted by Gasteiger charge is 1.65. The van der Waals surface area contributed by atoms with Gasteiger partial charge in [0, 0.05) is 7.11 Å². The Hall–Kier alpha value is -0.570. The molecule has 7 heavy (non-hydrogen) atoms. The molecule has 0 spiro atoms. The van der Waals surface area contributed by atoms with Gasteiger partial charge in [-0.05, 0) is 0 Å². The van der Waals surface area contributed by atoms with E-state index >= 15 is 0 Å². The van der Waals surface area contributed by atoms with Gasteiger partial charge < -0.3 is 9.47 Å². The predicted molar refractivity (Wildman–Crippen MR) is 27.4 cm³/mol. The van der Waals surface area contributed by atoms with Crippen LogP contribution in [0.4, 0.5) is 0 Å². The third-order valence-corrected chi connectivity index (χ3v) is 0.384. The molecule has 0 aliphatic rings. The first-order valence-electron chi connectivity index (χ1n) is 1.92. The molecule has 0 bridgehead atoms. The molecule has 0 aliphatic carbocycles. The van der Waals surface area contributed by atoms with Crippen molar-refractivity contribution in [3.63, 3.8) is 0 Å². The Morgan fingerprint density at radius 2 is 2.29 bits per heavy atom. The predicted octanol–water partition coefficient (Wildman–Crippen LogP) is 0.265. The third-order valence-electron chi connectivity index (χ3n) is 0.384. The first-order valence-corrected chi connectivity index (χ1v) is 1.92. The Morgan fingerprint density at radius 1 is 1.57 bits per heavy atom. The summed E-state index contributed by atoms with van der Waals surface area (Å²) in [6.45, 7) is 0.369. The normalized spacial score (nSPS) is 10.0. The molecule has 0 aromatic carbocycles. The molecule has 3 heteroatoms. The fourth-order valence-electron chi connectivity index (χ4n) is 0.180. The summed E-state index contributed by atoms with van der Waals surface area (Å²) < 4.78 is 9.04. The summed E-state index contributed by atoms with van der Waals surface area (Å²) in [6, 6.07) is 0. The summed E-state index contributed by atoms with van der Waals surface area (Å²) >= 11 is 0. The van der Waals surface area contributed by atoms with Gasteiger partial charge in [-0.15, -0.1) is 0 Å². The highest BCUT2D eigenvalue weighted by atomic mass is 16.5. The third kappa shape index (κ3) is 5.43. The summed E-state index contributed by atoms with van der Waals surface area (Å²) in [7, 11) is 3.12. The molecule has 0 atom stereocenters. The summed E-state index contributed by atoms with van der Waals surface area (Å²) in [5, 5.41) is 0. The SMILES string of the molecule is COC=NCOC. The molecular formula is C4H9NO2. The van der Waals surface area contributed by atoms with Gasteiger partial charge in [0.25, 0.3) is 0 Å². The van der Waals surface area contributed by atoms with Gasteiger partial charge in [0.1, 0.15) is 6.73 Å². The van der Waals surface area contributed by atoms with E-state index in [2.05, 4.69) is 14.5 Å². The van der Waals surface area contributed by atoms with E-state index in [9.17, 15) is 0 Å². The lowest BCUT2D eigenvalue weighted by Gasteiger charge is -1.86. The van der Waals surface area contributed by atoms with Crippen LogP contribution in [0, 0.1) is 0 Å². The fourth-order valence-corrected chi connectivity index (χ4v) is 0.180. The molecule has 0 amide bonds. The van der Waals surface area contributed by atoms with Crippen molar-refractivity contribution < 1.29 is 9.47 Å². The van der Waals surface area contributed by atoms with Gasteiger partial charge >= 0.3 is 0 Å². The van der Waals surface area contributed by atoms with Crippen LogP contribution in [0.1, 0.15) is 0 Å². The van der Waals surface area contributed by atoms with Crippen molar-refractivity contribution in [2.75, 3.05) is 21.0 Å². The summed E-state index contributed by atoms with van der Waals surface area (Å²) in [4.78, 5) is 3.64. The van der Waals surface area contributed by atoms with E-state index in [1.807, 2.05) is 0 Å². The minimum absolute atomic E-state index is 0.369. The smallest absolute Gasteiger partial charge is 0.171 e. The molecule has 0 aromatic heterocycles. The molecule has 0 heterocycles. The zero-order valence-electron chi connectivity index (χ0n) is 4.55. The molecule has 0 aromatic rings. The summed E-state index contributed by atoms with van der Waals surface area (Å²) in [5.74, 6) is 0. The maximum atomic E-state index is 4.57. The van der Waals surface area contributed by atoms with E-state index in [0.717, 1.165) is 0 Å². The Balaban J connectivity index is 2.78. The molecule has 0 radical (unpaired) electrons. The first kappa shape index (κ1) is 6.43. The zero-order chi connectivity index (χ0) is 5.54. The van der Waals surface area contributed by atoms with Gasteiger partial charge in [-0.2, -0.15) is 0 Å². The van der Waals surface area contributed by atoms with Crippen molar-refractivity contribution in [3.8, 4) is 0 Å². The number of methoxy groups -OCH3 is 2. The molecule has 0 aliphatic heterocycles. The standard InChI is InChI=1S/C4H9NO2/c1-6-3-5-4-7-2/h3H,4H2,1-2H3. The van der Waals surface area contributed by atoms with Gasteiger partial charge in [-0.3, -0.25) is 0 Å². The maximum Gasteiger partial charge on any atom is 0.171 e. The lowest BCUT2D eigenvalue weighted by atomic mass is 11.2. The Morgan fingerprint density at radius 3 is 2.71 bits per heavy atom. The Labute approximate surface area is 43.0 Å². The number of hydrogen-bond donors (Lipinski definition) is 0.